The molecule has 0 aromatic carbocycles. The molecule has 3 atom stereocenters. The van der Waals surface area contributed by atoms with E-state index in [0.29, 0.717) is 5.57 Å². The SMILES string of the molecule is CC(C)(O)C1C=C(C#N)C=C2CCC[C@](C)(O)[C@H]21. The molecular weight excluding hydrogens is 226 g/mol. The van der Waals surface area contributed by atoms with Crippen LogP contribution >= 0.6 is 0 Å². The van der Waals surface area contributed by atoms with Gasteiger partial charge in [0.1, 0.15) is 0 Å². The molecule has 98 valence electrons. The first-order valence-electron chi connectivity index (χ1n) is 6.53. The lowest BCUT2D eigenvalue weighted by Crippen LogP contribution is -2.49. The number of hydrogen-bond acceptors (Lipinski definition) is 3. The molecule has 0 heterocycles. The summed E-state index contributed by atoms with van der Waals surface area (Å²) >= 11 is 0. The second-order valence-electron chi connectivity index (χ2n) is 6.32. The summed E-state index contributed by atoms with van der Waals surface area (Å²) in [5, 5.41) is 30.0. The van der Waals surface area contributed by atoms with E-state index in [-0.39, 0.29) is 11.8 Å². The fraction of sp³-hybridized carbons (Fsp3) is 0.667. The standard InChI is InChI=1S/C15H21NO2/c1-14(2,17)12-8-10(9-16)7-11-5-4-6-15(3,18)13(11)12/h7-8,12-13,17-18H,4-6H2,1-3H3/t12?,13-,15+/m1/s1. The second kappa shape index (κ2) is 4.22. The number of hydrogen-bond donors (Lipinski definition) is 2. The van der Waals surface area contributed by atoms with Crippen molar-refractivity contribution in [2.45, 2.75) is 51.2 Å². The summed E-state index contributed by atoms with van der Waals surface area (Å²) in [7, 11) is 0. The van der Waals surface area contributed by atoms with Crippen molar-refractivity contribution in [2.75, 3.05) is 0 Å². The molecule has 0 amide bonds. The summed E-state index contributed by atoms with van der Waals surface area (Å²) in [6, 6.07) is 2.16. The first kappa shape index (κ1) is 13.3. The highest BCUT2D eigenvalue weighted by Crippen LogP contribution is 2.48. The average Bonchev–Trinajstić information content (AvgIpc) is 2.25. The lowest BCUT2D eigenvalue weighted by Gasteiger charge is -2.47. The summed E-state index contributed by atoms with van der Waals surface area (Å²) in [5.41, 5.74) is -0.0247. The van der Waals surface area contributed by atoms with Crippen molar-refractivity contribution >= 4 is 0 Å². The van der Waals surface area contributed by atoms with Crippen LogP contribution < -0.4 is 0 Å². The van der Waals surface area contributed by atoms with Gasteiger partial charge in [0.15, 0.2) is 0 Å². The van der Waals surface area contributed by atoms with E-state index in [1.807, 2.05) is 19.1 Å². The highest BCUT2D eigenvalue weighted by Gasteiger charge is 2.47. The Morgan fingerprint density at radius 1 is 1.50 bits per heavy atom. The summed E-state index contributed by atoms with van der Waals surface area (Å²) in [6.07, 6.45) is 6.30. The Bertz CT molecular complexity index is 446. The molecule has 0 aromatic heterocycles. The van der Waals surface area contributed by atoms with Crippen LogP contribution in [0.25, 0.3) is 0 Å². The minimum absolute atomic E-state index is 0.0802. The van der Waals surface area contributed by atoms with Crippen molar-refractivity contribution in [1.82, 2.24) is 0 Å². The Hall–Kier alpha value is -1.11. The molecule has 0 spiro atoms. The summed E-state index contributed by atoms with van der Waals surface area (Å²) in [6.45, 7) is 5.34. The normalized spacial score (nSPS) is 36.2. The van der Waals surface area contributed by atoms with Crippen LogP contribution in [0, 0.1) is 23.2 Å². The number of nitrogens with zero attached hydrogens (tertiary/aromatic N) is 1. The van der Waals surface area contributed by atoms with Crippen LogP contribution in [-0.4, -0.2) is 21.4 Å². The van der Waals surface area contributed by atoms with Crippen molar-refractivity contribution in [1.29, 1.82) is 5.26 Å². The monoisotopic (exact) mass is 247 g/mol. The summed E-state index contributed by atoms with van der Waals surface area (Å²) < 4.78 is 0. The van der Waals surface area contributed by atoms with Gasteiger partial charge in [-0.25, -0.2) is 0 Å². The summed E-state index contributed by atoms with van der Waals surface area (Å²) in [5.74, 6) is -0.286. The first-order valence-corrected chi connectivity index (χ1v) is 6.53. The van der Waals surface area contributed by atoms with Crippen molar-refractivity contribution in [3.8, 4) is 6.07 Å². The Morgan fingerprint density at radius 3 is 2.72 bits per heavy atom. The van der Waals surface area contributed by atoms with Gasteiger partial charge >= 0.3 is 0 Å². The first-order chi connectivity index (χ1) is 8.25. The van der Waals surface area contributed by atoms with Crippen LogP contribution in [0.4, 0.5) is 0 Å². The smallest absolute Gasteiger partial charge is 0.0988 e. The van der Waals surface area contributed by atoms with Gasteiger partial charge in [-0.1, -0.05) is 11.6 Å². The highest BCUT2D eigenvalue weighted by molar-refractivity contribution is 5.43. The molecule has 18 heavy (non-hydrogen) atoms. The molecule has 1 fully saturated rings. The summed E-state index contributed by atoms with van der Waals surface area (Å²) in [4.78, 5) is 0. The Morgan fingerprint density at radius 2 is 2.17 bits per heavy atom. The predicted molar refractivity (Wildman–Crippen MR) is 69.5 cm³/mol. The molecule has 2 N–H and O–H groups in total. The van der Waals surface area contributed by atoms with E-state index in [1.54, 1.807) is 13.8 Å². The zero-order valence-electron chi connectivity index (χ0n) is 11.3. The van der Waals surface area contributed by atoms with Gasteiger partial charge in [0.05, 0.1) is 17.3 Å². The number of nitriles is 1. The van der Waals surface area contributed by atoms with Gasteiger partial charge in [0.2, 0.25) is 0 Å². The Kier molecular flexibility index (Phi) is 3.12. The van der Waals surface area contributed by atoms with Gasteiger partial charge in [0.25, 0.3) is 0 Å². The number of allylic oxidation sites excluding steroid dienone is 2. The molecular formula is C15H21NO2. The van der Waals surface area contributed by atoms with E-state index in [9.17, 15) is 10.2 Å². The van der Waals surface area contributed by atoms with Gasteiger partial charge < -0.3 is 10.2 Å². The van der Waals surface area contributed by atoms with Crippen LogP contribution in [0.15, 0.2) is 23.3 Å². The third-order valence-corrected chi connectivity index (χ3v) is 4.22. The number of rotatable bonds is 1. The van der Waals surface area contributed by atoms with Crippen molar-refractivity contribution in [3.05, 3.63) is 23.3 Å². The largest absolute Gasteiger partial charge is 0.390 e. The molecule has 2 aliphatic rings. The van der Waals surface area contributed by atoms with E-state index >= 15 is 0 Å². The maximum atomic E-state index is 10.6. The average molecular weight is 247 g/mol. The van der Waals surface area contributed by atoms with Crippen LogP contribution in [-0.2, 0) is 0 Å². The molecule has 0 bridgehead atoms. The maximum absolute atomic E-state index is 10.6. The molecule has 2 rings (SSSR count). The fourth-order valence-electron chi connectivity index (χ4n) is 3.36. The van der Waals surface area contributed by atoms with E-state index in [4.69, 9.17) is 5.26 Å². The topological polar surface area (TPSA) is 64.2 Å². The fourth-order valence-corrected chi connectivity index (χ4v) is 3.36. The third-order valence-electron chi connectivity index (χ3n) is 4.22. The molecule has 0 radical (unpaired) electrons. The maximum Gasteiger partial charge on any atom is 0.0988 e. The van der Waals surface area contributed by atoms with Crippen LogP contribution in [0.1, 0.15) is 40.0 Å². The number of aliphatic hydroxyl groups is 2. The van der Waals surface area contributed by atoms with Crippen LogP contribution in [0.5, 0.6) is 0 Å². The third kappa shape index (κ3) is 2.23. The van der Waals surface area contributed by atoms with E-state index in [1.165, 1.54) is 0 Å². The zero-order valence-corrected chi connectivity index (χ0v) is 11.3. The Balaban J connectivity index is 2.48. The van der Waals surface area contributed by atoms with Gasteiger partial charge in [-0.05, 0) is 46.1 Å². The van der Waals surface area contributed by atoms with Crippen molar-refractivity contribution < 1.29 is 10.2 Å². The predicted octanol–water partition coefficient (Wildman–Crippen LogP) is 2.31. The quantitative estimate of drug-likeness (QED) is 0.747. The molecule has 0 aliphatic heterocycles. The van der Waals surface area contributed by atoms with E-state index < -0.39 is 11.2 Å². The van der Waals surface area contributed by atoms with Gasteiger partial charge in [-0.3, -0.25) is 0 Å². The van der Waals surface area contributed by atoms with E-state index in [0.717, 1.165) is 24.8 Å². The van der Waals surface area contributed by atoms with Gasteiger partial charge in [0, 0.05) is 17.4 Å². The molecule has 2 aliphatic carbocycles. The zero-order chi connectivity index (χ0) is 13.6. The minimum atomic E-state index is -0.937. The molecule has 3 heteroatoms. The number of fused-ring (bicyclic) bond motifs is 1. The van der Waals surface area contributed by atoms with Gasteiger partial charge in [-0.2, -0.15) is 5.26 Å². The van der Waals surface area contributed by atoms with Gasteiger partial charge in [-0.15, -0.1) is 0 Å². The minimum Gasteiger partial charge on any atom is -0.390 e. The molecule has 1 saturated carbocycles. The van der Waals surface area contributed by atoms with Crippen molar-refractivity contribution in [2.24, 2.45) is 11.8 Å². The molecule has 0 aromatic rings. The second-order valence-corrected chi connectivity index (χ2v) is 6.32. The van der Waals surface area contributed by atoms with Crippen LogP contribution in [0.3, 0.4) is 0 Å². The molecule has 3 nitrogen and oxygen atoms in total. The lowest BCUT2D eigenvalue weighted by molar-refractivity contribution is -0.0736. The molecule has 1 unspecified atom stereocenters. The molecule has 0 saturated heterocycles. The highest BCUT2D eigenvalue weighted by atomic mass is 16.3. The van der Waals surface area contributed by atoms with Crippen LogP contribution in [0.2, 0.25) is 0 Å². The lowest BCUT2D eigenvalue weighted by atomic mass is 9.61. The Labute approximate surface area is 108 Å². The van der Waals surface area contributed by atoms with E-state index in [2.05, 4.69) is 6.07 Å². The van der Waals surface area contributed by atoms with Crippen molar-refractivity contribution in [3.63, 3.8) is 0 Å².